The molecule has 4 heteroatoms. The molecule has 18 heavy (non-hydrogen) atoms. The molecule has 1 aromatic rings. The Morgan fingerprint density at radius 1 is 1.44 bits per heavy atom. The Hall–Kier alpha value is -1.42. The number of likely N-dealkylation sites (N-methyl/N-ethyl adjacent to an activating group) is 1. The predicted molar refractivity (Wildman–Crippen MR) is 69.2 cm³/mol. The lowest BCUT2D eigenvalue weighted by molar-refractivity contribution is -0.131. The zero-order chi connectivity index (χ0) is 12.6. The van der Waals surface area contributed by atoms with Crippen molar-refractivity contribution in [2.45, 2.75) is 30.7 Å². The molecule has 2 fully saturated rings. The molecule has 4 nitrogen and oxygen atoms in total. The second-order valence-electron chi connectivity index (χ2n) is 5.41. The minimum Gasteiger partial charge on any atom is -0.339 e. The zero-order valence-electron chi connectivity index (χ0n) is 10.7. The maximum atomic E-state index is 12.5. The van der Waals surface area contributed by atoms with Crippen molar-refractivity contribution >= 4 is 5.91 Å². The Labute approximate surface area is 107 Å². The topological polar surface area (TPSA) is 45.2 Å². The van der Waals surface area contributed by atoms with Crippen LogP contribution in [0.3, 0.4) is 0 Å². The third-order valence-corrected chi connectivity index (χ3v) is 4.55. The largest absolute Gasteiger partial charge is 0.339 e. The van der Waals surface area contributed by atoms with Gasteiger partial charge in [0.1, 0.15) is 0 Å². The highest BCUT2D eigenvalue weighted by Crippen LogP contribution is 2.43. The SMILES string of the molecule is CN1C(=O)[C@H](c2cccnc2)CC12CCNCC2. The summed E-state index contributed by atoms with van der Waals surface area (Å²) in [6, 6.07) is 3.93. The van der Waals surface area contributed by atoms with Gasteiger partial charge in [0.15, 0.2) is 0 Å². The van der Waals surface area contributed by atoms with E-state index in [1.807, 2.05) is 30.3 Å². The van der Waals surface area contributed by atoms with Gasteiger partial charge in [-0.3, -0.25) is 9.78 Å². The first kappa shape index (κ1) is 11.7. The van der Waals surface area contributed by atoms with E-state index < -0.39 is 0 Å². The number of nitrogens with one attached hydrogen (secondary N) is 1. The van der Waals surface area contributed by atoms with Crippen LogP contribution in [-0.2, 0) is 4.79 Å². The van der Waals surface area contributed by atoms with Crippen LogP contribution >= 0.6 is 0 Å². The number of carbonyl (C=O) groups excluding carboxylic acids is 1. The van der Waals surface area contributed by atoms with Gasteiger partial charge in [-0.2, -0.15) is 0 Å². The molecule has 0 radical (unpaired) electrons. The van der Waals surface area contributed by atoms with E-state index in [4.69, 9.17) is 0 Å². The molecule has 1 aromatic heterocycles. The third kappa shape index (κ3) is 1.72. The van der Waals surface area contributed by atoms with Crippen molar-refractivity contribution in [3.05, 3.63) is 30.1 Å². The lowest BCUT2D eigenvalue weighted by atomic mass is 9.82. The van der Waals surface area contributed by atoms with Gasteiger partial charge in [-0.15, -0.1) is 0 Å². The molecule has 0 unspecified atom stereocenters. The van der Waals surface area contributed by atoms with Gasteiger partial charge >= 0.3 is 0 Å². The van der Waals surface area contributed by atoms with E-state index in [1.54, 1.807) is 6.20 Å². The van der Waals surface area contributed by atoms with Gasteiger partial charge in [0, 0.05) is 25.0 Å². The van der Waals surface area contributed by atoms with Crippen molar-refractivity contribution in [2.75, 3.05) is 20.1 Å². The minimum absolute atomic E-state index is 0.00167. The first-order valence-corrected chi connectivity index (χ1v) is 6.61. The predicted octanol–water partition coefficient (Wildman–Crippen LogP) is 1.15. The van der Waals surface area contributed by atoms with E-state index in [9.17, 15) is 4.79 Å². The number of hydrogen-bond donors (Lipinski definition) is 1. The van der Waals surface area contributed by atoms with Crippen molar-refractivity contribution in [3.8, 4) is 0 Å². The number of carbonyl (C=O) groups is 1. The lowest BCUT2D eigenvalue weighted by Crippen LogP contribution is -2.50. The summed E-state index contributed by atoms with van der Waals surface area (Å²) in [4.78, 5) is 18.6. The van der Waals surface area contributed by atoms with Gasteiger partial charge in [-0.05, 0) is 44.0 Å². The van der Waals surface area contributed by atoms with Crippen molar-refractivity contribution in [3.63, 3.8) is 0 Å². The zero-order valence-corrected chi connectivity index (χ0v) is 10.7. The van der Waals surface area contributed by atoms with Crippen molar-refractivity contribution in [2.24, 2.45) is 0 Å². The Bertz CT molecular complexity index is 440. The number of aromatic nitrogens is 1. The molecule has 2 saturated heterocycles. The van der Waals surface area contributed by atoms with Crippen LogP contribution in [0.5, 0.6) is 0 Å². The molecule has 1 amide bonds. The van der Waals surface area contributed by atoms with Crippen molar-refractivity contribution in [1.29, 1.82) is 0 Å². The van der Waals surface area contributed by atoms with Crippen LogP contribution in [-0.4, -0.2) is 41.5 Å². The number of amides is 1. The number of rotatable bonds is 1. The summed E-state index contributed by atoms with van der Waals surface area (Å²) in [5.74, 6) is 0.256. The first-order chi connectivity index (χ1) is 8.73. The Kier molecular flexibility index (Phi) is 2.82. The molecule has 1 N–H and O–H groups in total. The van der Waals surface area contributed by atoms with Crippen LogP contribution in [0.4, 0.5) is 0 Å². The number of nitrogens with zero attached hydrogens (tertiary/aromatic N) is 2. The molecule has 0 aromatic carbocycles. The fraction of sp³-hybridized carbons (Fsp3) is 0.571. The summed E-state index contributed by atoms with van der Waals surface area (Å²) < 4.78 is 0. The van der Waals surface area contributed by atoms with Crippen molar-refractivity contribution in [1.82, 2.24) is 15.2 Å². The summed E-state index contributed by atoms with van der Waals surface area (Å²) in [7, 11) is 1.96. The maximum absolute atomic E-state index is 12.5. The number of likely N-dealkylation sites (tertiary alicyclic amines) is 1. The lowest BCUT2D eigenvalue weighted by Gasteiger charge is -2.39. The van der Waals surface area contributed by atoms with E-state index >= 15 is 0 Å². The number of piperidine rings is 1. The minimum atomic E-state index is 0.00167. The Morgan fingerprint density at radius 3 is 2.89 bits per heavy atom. The molecule has 1 atom stereocenters. The third-order valence-electron chi connectivity index (χ3n) is 4.55. The summed E-state index contributed by atoms with van der Waals surface area (Å²) in [5.41, 5.74) is 1.13. The maximum Gasteiger partial charge on any atom is 0.230 e. The van der Waals surface area contributed by atoms with Gasteiger partial charge in [-0.25, -0.2) is 0 Å². The molecule has 3 rings (SSSR count). The number of pyridine rings is 1. The number of hydrogen-bond acceptors (Lipinski definition) is 3. The van der Waals surface area contributed by atoms with Gasteiger partial charge in [-0.1, -0.05) is 6.07 Å². The molecule has 0 bridgehead atoms. The standard InChI is InChI=1S/C14H19N3O/c1-17-13(18)12(11-3-2-6-16-10-11)9-14(17)4-7-15-8-5-14/h2-3,6,10,12,15H,4-5,7-9H2,1H3/t12-/m0/s1. The van der Waals surface area contributed by atoms with Gasteiger partial charge < -0.3 is 10.2 Å². The fourth-order valence-electron chi connectivity index (χ4n) is 3.35. The summed E-state index contributed by atoms with van der Waals surface area (Å²) in [5, 5.41) is 3.38. The first-order valence-electron chi connectivity index (χ1n) is 6.61. The normalized spacial score (nSPS) is 26.8. The molecule has 3 heterocycles. The highest BCUT2D eigenvalue weighted by Gasteiger charge is 2.49. The Morgan fingerprint density at radius 2 is 2.22 bits per heavy atom. The molecule has 1 spiro atoms. The van der Waals surface area contributed by atoms with Crippen LogP contribution in [0.25, 0.3) is 0 Å². The van der Waals surface area contributed by atoms with E-state index in [2.05, 4.69) is 10.3 Å². The summed E-state index contributed by atoms with van der Waals surface area (Å²) >= 11 is 0. The smallest absolute Gasteiger partial charge is 0.230 e. The highest BCUT2D eigenvalue weighted by atomic mass is 16.2. The van der Waals surface area contributed by atoms with E-state index in [0.29, 0.717) is 0 Å². The molecular weight excluding hydrogens is 226 g/mol. The average Bonchev–Trinajstić information content (AvgIpc) is 2.67. The summed E-state index contributed by atoms with van der Waals surface area (Å²) in [6.45, 7) is 2.02. The molecule has 0 aliphatic carbocycles. The van der Waals surface area contributed by atoms with Crippen molar-refractivity contribution < 1.29 is 4.79 Å². The van der Waals surface area contributed by atoms with Crippen LogP contribution < -0.4 is 5.32 Å². The molecule has 0 saturated carbocycles. The molecular formula is C14H19N3O. The van der Waals surface area contributed by atoms with E-state index in [-0.39, 0.29) is 17.4 Å². The van der Waals surface area contributed by atoms with Crippen LogP contribution in [0.2, 0.25) is 0 Å². The van der Waals surface area contributed by atoms with E-state index in [0.717, 1.165) is 37.9 Å². The van der Waals surface area contributed by atoms with Gasteiger partial charge in [0.25, 0.3) is 0 Å². The van der Waals surface area contributed by atoms with Crippen LogP contribution in [0.15, 0.2) is 24.5 Å². The average molecular weight is 245 g/mol. The van der Waals surface area contributed by atoms with Gasteiger partial charge in [0.2, 0.25) is 5.91 Å². The molecule has 2 aliphatic rings. The Balaban J connectivity index is 1.89. The monoisotopic (exact) mass is 245 g/mol. The molecule has 2 aliphatic heterocycles. The van der Waals surface area contributed by atoms with Crippen LogP contribution in [0.1, 0.15) is 30.7 Å². The van der Waals surface area contributed by atoms with Crippen LogP contribution in [0, 0.1) is 0 Å². The quantitative estimate of drug-likeness (QED) is 0.807. The fourth-order valence-corrected chi connectivity index (χ4v) is 3.35. The second-order valence-corrected chi connectivity index (χ2v) is 5.41. The highest BCUT2D eigenvalue weighted by molar-refractivity contribution is 5.86. The second kappa shape index (κ2) is 4.35. The molecule has 96 valence electrons. The van der Waals surface area contributed by atoms with E-state index in [1.165, 1.54) is 0 Å². The van der Waals surface area contributed by atoms with Gasteiger partial charge in [0.05, 0.1) is 5.92 Å². The summed E-state index contributed by atoms with van der Waals surface area (Å²) in [6.07, 6.45) is 6.65.